The molecule has 2 aliphatic rings. The summed E-state index contributed by atoms with van der Waals surface area (Å²) < 4.78 is 0. The van der Waals surface area contributed by atoms with Crippen LogP contribution in [0.15, 0.2) is 41.6 Å². The van der Waals surface area contributed by atoms with Crippen LogP contribution in [0.25, 0.3) is 0 Å². The van der Waals surface area contributed by atoms with Crippen molar-refractivity contribution < 1.29 is 10.1 Å². The van der Waals surface area contributed by atoms with Crippen LogP contribution in [0.3, 0.4) is 0 Å². The molecule has 1 unspecified atom stereocenters. The first-order valence-corrected chi connectivity index (χ1v) is 9.12. The van der Waals surface area contributed by atoms with E-state index in [9.17, 15) is 10.1 Å². The lowest BCUT2D eigenvalue weighted by Gasteiger charge is -2.22. The van der Waals surface area contributed by atoms with Gasteiger partial charge in [-0.1, -0.05) is 17.3 Å². The van der Waals surface area contributed by atoms with E-state index in [4.69, 9.17) is 16.7 Å². The number of rotatable bonds is 1. The highest BCUT2D eigenvalue weighted by atomic mass is 16.6. The number of nitrogens with zero attached hydrogens (tertiary/aromatic N) is 2. The largest absolute Gasteiger partial charge is 0.411 e. The molecule has 4 rings (SSSR count). The van der Waals surface area contributed by atoms with Crippen molar-refractivity contribution in [3.05, 3.63) is 68.8 Å². The summed E-state index contributed by atoms with van der Waals surface area (Å²) in [7, 11) is 0. The van der Waals surface area contributed by atoms with E-state index in [1.807, 2.05) is 12.1 Å². The summed E-state index contributed by atoms with van der Waals surface area (Å²) in [5, 5.41) is 22.6. The van der Waals surface area contributed by atoms with Gasteiger partial charge in [0.15, 0.2) is 0 Å². The van der Waals surface area contributed by atoms with Crippen molar-refractivity contribution in [2.45, 2.75) is 44.6 Å². The maximum absolute atomic E-state index is 10.6. The quantitative estimate of drug-likeness (QED) is 0.306. The zero-order chi connectivity index (χ0) is 19.4. The molecule has 27 heavy (non-hydrogen) atoms. The lowest BCUT2D eigenvalue weighted by atomic mass is 9.88. The van der Waals surface area contributed by atoms with Gasteiger partial charge < -0.3 is 16.7 Å². The molecule has 5 N–H and O–H groups in total. The van der Waals surface area contributed by atoms with Crippen molar-refractivity contribution in [3.8, 4) is 0 Å². The van der Waals surface area contributed by atoms with Crippen molar-refractivity contribution in [2.75, 3.05) is 5.73 Å². The van der Waals surface area contributed by atoms with Gasteiger partial charge in [0.1, 0.15) is 0 Å². The van der Waals surface area contributed by atoms with Crippen molar-refractivity contribution in [2.24, 2.45) is 10.9 Å². The van der Waals surface area contributed by atoms with Gasteiger partial charge >= 0.3 is 0 Å². The second-order valence-corrected chi connectivity index (χ2v) is 6.96. The number of hydrogen-bond acceptors (Lipinski definition) is 6. The highest BCUT2D eigenvalue weighted by Crippen LogP contribution is 2.29. The Balaban J connectivity index is 0.000000159. The molecule has 0 fully saturated rings. The average Bonchev–Trinajstić information content (AvgIpc) is 2.68. The summed E-state index contributed by atoms with van der Waals surface area (Å²) in [6.07, 6.45) is 5.93. The molecular formula is C20H24N4O3. The Kier molecular flexibility index (Phi) is 5.71. The Bertz CT molecular complexity index is 880. The van der Waals surface area contributed by atoms with Gasteiger partial charge in [0.25, 0.3) is 5.69 Å². The van der Waals surface area contributed by atoms with Crippen molar-refractivity contribution in [1.82, 2.24) is 0 Å². The Morgan fingerprint density at radius 2 is 1.81 bits per heavy atom. The standard InChI is InChI=1S/C10H10N2O3.C10H14N2/c13-11-10-3-1-2-7-4-5-8(12(14)15)6-9(7)10;11-8-5-4-7-2-1-3-10(12)9(7)6-8/h4-6,13H,1-3H2;4-6,10H,1-3,11-12H2. The Hall–Kier alpha value is -2.93. The number of nitro groups is 1. The van der Waals surface area contributed by atoms with Crippen LogP contribution in [0.1, 0.15) is 54.0 Å². The van der Waals surface area contributed by atoms with Gasteiger partial charge in [-0.05, 0) is 67.3 Å². The van der Waals surface area contributed by atoms with Crippen LogP contribution in [0.4, 0.5) is 11.4 Å². The van der Waals surface area contributed by atoms with Gasteiger partial charge in [0.2, 0.25) is 0 Å². The molecule has 0 radical (unpaired) electrons. The van der Waals surface area contributed by atoms with E-state index in [-0.39, 0.29) is 11.7 Å². The maximum atomic E-state index is 10.6. The van der Waals surface area contributed by atoms with E-state index in [0.717, 1.165) is 36.9 Å². The van der Waals surface area contributed by atoms with Crippen LogP contribution in [0, 0.1) is 10.1 Å². The minimum atomic E-state index is -0.441. The summed E-state index contributed by atoms with van der Waals surface area (Å²) in [4.78, 5) is 10.1. The van der Waals surface area contributed by atoms with Crippen molar-refractivity contribution in [1.29, 1.82) is 0 Å². The third kappa shape index (κ3) is 4.25. The zero-order valence-electron chi connectivity index (χ0n) is 15.1. The third-order valence-corrected chi connectivity index (χ3v) is 5.13. The fourth-order valence-electron chi connectivity index (χ4n) is 3.70. The molecule has 142 valence electrons. The number of aryl methyl sites for hydroxylation is 2. The summed E-state index contributed by atoms with van der Waals surface area (Å²) in [6, 6.07) is 11.0. The van der Waals surface area contributed by atoms with E-state index in [2.05, 4.69) is 11.2 Å². The maximum Gasteiger partial charge on any atom is 0.270 e. The summed E-state index contributed by atoms with van der Waals surface area (Å²) in [6.45, 7) is 0. The van der Waals surface area contributed by atoms with E-state index in [0.29, 0.717) is 17.7 Å². The smallest absolute Gasteiger partial charge is 0.270 e. The topological polar surface area (TPSA) is 128 Å². The number of nitrogen functional groups attached to an aromatic ring is 1. The lowest BCUT2D eigenvalue weighted by Crippen LogP contribution is -2.17. The molecular weight excluding hydrogens is 344 g/mol. The molecule has 7 nitrogen and oxygen atoms in total. The predicted octanol–water partition coefficient (Wildman–Crippen LogP) is 3.71. The molecule has 0 heterocycles. The molecule has 2 aromatic rings. The lowest BCUT2D eigenvalue weighted by molar-refractivity contribution is -0.384. The number of fused-ring (bicyclic) bond motifs is 2. The van der Waals surface area contributed by atoms with Gasteiger partial charge in [0, 0.05) is 29.4 Å². The first-order valence-electron chi connectivity index (χ1n) is 9.12. The number of nitro benzene ring substituents is 1. The van der Waals surface area contributed by atoms with Gasteiger partial charge in [-0.25, -0.2) is 0 Å². The number of oxime groups is 1. The minimum Gasteiger partial charge on any atom is -0.411 e. The second kappa shape index (κ2) is 8.18. The Morgan fingerprint density at radius 1 is 1.07 bits per heavy atom. The molecule has 0 aliphatic heterocycles. The molecule has 0 aromatic heterocycles. The molecule has 0 spiro atoms. The zero-order valence-corrected chi connectivity index (χ0v) is 15.1. The molecule has 0 saturated carbocycles. The minimum absolute atomic E-state index is 0.0387. The summed E-state index contributed by atoms with van der Waals surface area (Å²) in [5.74, 6) is 0. The van der Waals surface area contributed by atoms with Gasteiger partial charge in [-0.2, -0.15) is 0 Å². The first-order chi connectivity index (χ1) is 13.0. The second-order valence-electron chi connectivity index (χ2n) is 6.96. The number of non-ortho nitro benzene ring substituents is 1. The molecule has 2 aliphatic carbocycles. The van der Waals surface area contributed by atoms with Crippen LogP contribution in [-0.4, -0.2) is 15.8 Å². The number of hydrogen-bond donors (Lipinski definition) is 3. The van der Waals surface area contributed by atoms with Crippen LogP contribution < -0.4 is 11.5 Å². The highest BCUT2D eigenvalue weighted by Gasteiger charge is 2.19. The highest BCUT2D eigenvalue weighted by molar-refractivity contribution is 6.02. The summed E-state index contributed by atoms with van der Waals surface area (Å²) >= 11 is 0. The van der Waals surface area contributed by atoms with E-state index < -0.39 is 4.92 Å². The number of benzene rings is 2. The fraction of sp³-hybridized carbons (Fsp3) is 0.350. The predicted molar refractivity (Wildman–Crippen MR) is 105 cm³/mol. The molecule has 1 atom stereocenters. The molecule has 0 bridgehead atoms. The van der Waals surface area contributed by atoms with Crippen molar-refractivity contribution >= 4 is 17.1 Å². The monoisotopic (exact) mass is 368 g/mol. The van der Waals surface area contributed by atoms with E-state index in [1.165, 1.54) is 29.7 Å². The molecule has 2 aromatic carbocycles. The average molecular weight is 368 g/mol. The molecule has 0 saturated heterocycles. The van der Waals surface area contributed by atoms with E-state index >= 15 is 0 Å². The fourth-order valence-corrected chi connectivity index (χ4v) is 3.70. The van der Waals surface area contributed by atoms with Gasteiger partial charge in [-0.3, -0.25) is 10.1 Å². The van der Waals surface area contributed by atoms with Crippen LogP contribution >= 0.6 is 0 Å². The van der Waals surface area contributed by atoms with Gasteiger partial charge in [-0.15, -0.1) is 0 Å². The SMILES string of the molecule is Nc1ccc2c(c1)C(N)CCC2.O=[N+]([O-])c1ccc2c(c1)C(=NO)CCC2. The normalized spacial score (nSPS) is 19.4. The van der Waals surface area contributed by atoms with Crippen LogP contribution in [0.5, 0.6) is 0 Å². The first kappa shape index (κ1) is 18.8. The number of anilines is 1. The molecule has 7 heteroatoms. The van der Waals surface area contributed by atoms with Gasteiger partial charge in [0.05, 0.1) is 10.6 Å². The van der Waals surface area contributed by atoms with Crippen LogP contribution in [0.2, 0.25) is 0 Å². The molecule has 0 amide bonds. The van der Waals surface area contributed by atoms with Crippen LogP contribution in [-0.2, 0) is 12.8 Å². The number of nitrogens with two attached hydrogens (primary N) is 2. The van der Waals surface area contributed by atoms with Crippen molar-refractivity contribution in [3.63, 3.8) is 0 Å². The Labute approximate surface area is 157 Å². The third-order valence-electron chi connectivity index (χ3n) is 5.13. The summed E-state index contributed by atoms with van der Waals surface area (Å²) in [5.41, 5.74) is 17.4. The van der Waals surface area contributed by atoms with E-state index in [1.54, 1.807) is 6.07 Å². The Morgan fingerprint density at radius 3 is 2.56 bits per heavy atom.